The van der Waals surface area contributed by atoms with Crippen molar-refractivity contribution in [3.8, 4) is 0 Å². The van der Waals surface area contributed by atoms with Gasteiger partial charge in [-0.3, -0.25) is 0 Å². The first kappa shape index (κ1) is 13.8. The molecule has 0 aliphatic heterocycles. The minimum absolute atomic E-state index is 0.467. The maximum absolute atomic E-state index is 5.87. The molecule has 0 unspecified atom stereocenters. The predicted octanol–water partition coefficient (Wildman–Crippen LogP) is 0.505. The normalized spacial score (nSPS) is 10.9. The zero-order valence-corrected chi connectivity index (χ0v) is 12.0. The van der Waals surface area contributed by atoms with Gasteiger partial charge < -0.3 is 22.9 Å². The molecule has 0 spiro atoms. The molecule has 114 valence electrons. The molecule has 0 amide bonds. The van der Waals surface area contributed by atoms with Gasteiger partial charge in [-0.25, -0.2) is 9.36 Å². The van der Waals surface area contributed by atoms with Gasteiger partial charge in [0.25, 0.3) is 0 Å². The average molecular weight is 298 g/mol. The Morgan fingerprint density at radius 3 is 1.59 bits per heavy atom. The highest BCUT2D eigenvalue weighted by atomic mass is 15.3. The summed E-state index contributed by atoms with van der Waals surface area (Å²) in [5, 5.41) is 8.31. The molecule has 3 aromatic rings. The number of nitrogens with two attached hydrogens (primary N) is 4. The van der Waals surface area contributed by atoms with Crippen LogP contribution >= 0.6 is 0 Å². The molecule has 8 heteroatoms. The van der Waals surface area contributed by atoms with Crippen LogP contribution in [0.2, 0.25) is 0 Å². The van der Waals surface area contributed by atoms with E-state index in [1.807, 2.05) is 18.2 Å². The first-order valence-corrected chi connectivity index (χ1v) is 6.76. The van der Waals surface area contributed by atoms with Crippen LogP contribution in [-0.4, -0.2) is 19.6 Å². The summed E-state index contributed by atoms with van der Waals surface area (Å²) in [5.74, 6) is 0.934. The monoisotopic (exact) mass is 298 g/mol. The maximum Gasteiger partial charge on any atom is 0.145 e. The number of nitrogens with zero attached hydrogens (tertiary/aromatic N) is 4. The Bertz CT molecular complexity index is 738. The molecule has 0 radical (unpaired) electrons. The molecule has 0 saturated carbocycles. The van der Waals surface area contributed by atoms with Gasteiger partial charge in [0, 0.05) is 0 Å². The summed E-state index contributed by atoms with van der Waals surface area (Å²) in [6, 6.07) is 8.02. The van der Waals surface area contributed by atoms with Crippen LogP contribution in [0.5, 0.6) is 0 Å². The largest absolute Gasteiger partial charge is 0.394 e. The number of hydrogen-bond acceptors (Lipinski definition) is 6. The molecule has 0 aliphatic rings. The lowest BCUT2D eigenvalue weighted by Gasteiger charge is -2.08. The molecule has 0 saturated heterocycles. The van der Waals surface area contributed by atoms with Crippen LogP contribution in [0.15, 0.2) is 36.7 Å². The molecule has 8 nitrogen and oxygen atoms in total. The number of rotatable bonds is 4. The number of nitrogen functional groups attached to an aromatic ring is 4. The van der Waals surface area contributed by atoms with E-state index >= 15 is 0 Å². The van der Waals surface area contributed by atoms with Gasteiger partial charge in [0.15, 0.2) is 0 Å². The van der Waals surface area contributed by atoms with Gasteiger partial charge in [-0.15, -0.1) is 0 Å². The van der Waals surface area contributed by atoms with E-state index in [4.69, 9.17) is 22.9 Å². The van der Waals surface area contributed by atoms with Crippen LogP contribution in [-0.2, 0) is 13.1 Å². The van der Waals surface area contributed by atoms with E-state index in [0.29, 0.717) is 36.1 Å². The molecule has 2 aromatic heterocycles. The Balaban J connectivity index is 1.81. The quantitative estimate of drug-likeness (QED) is 0.553. The van der Waals surface area contributed by atoms with Crippen molar-refractivity contribution in [2.24, 2.45) is 0 Å². The van der Waals surface area contributed by atoms with E-state index < -0.39 is 0 Å². The summed E-state index contributed by atoms with van der Waals surface area (Å²) in [6.45, 7) is 1.10. The third-order valence-electron chi connectivity index (χ3n) is 3.48. The van der Waals surface area contributed by atoms with Crippen molar-refractivity contribution in [3.63, 3.8) is 0 Å². The van der Waals surface area contributed by atoms with E-state index in [9.17, 15) is 0 Å². The molecule has 3 rings (SSSR count). The fourth-order valence-electron chi connectivity index (χ4n) is 2.24. The second-order valence-corrected chi connectivity index (χ2v) is 5.11. The zero-order valence-electron chi connectivity index (χ0n) is 12.0. The lowest BCUT2D eigenvalue weighted by Crippen LogP contribution is -2.09. The SMILES string of the molecule is Nc1cnn(Cc2cccc(Cn3ncc(N)c3N)c2)c1N. The van der Waals surface area contributed by atoms with Crippen molar-refractivity contribution in [1.29, 1.82) is 0 Å². The molecule has 0 fully saturated rings. The molecule has 1 aromatic carbocycles. The van der Waals surface area contributed by atoms with Crippen molar-refractivity contribution < 1.29 is 0 Å². The van der Waals surface area contributed by atoms with E-state index in [0.717, 1.165) is 11.1 Å². The molecule has 0 bridgehead atoms. The highest BCUT2D eigenvalue weighted by Crippen LogP contribution is 2.17. The molecule has 0 aliphatic carbocycles. The highest BCUT2D eigenvalue weighted by Gasteiger charge is 2.07. The Morgan fingerprint density at radius 2 is 1.23 bits per heavy atom. The van der Waals surface area contributed by atoms with E-state index in [1.165, 1.54) is 0 Å². The van der Waals surface area contributed by atoms with Gasteiger partial charge >= 0.3 is 0 Å². The van der Waals surface area contributed by atoms with Gasteiger partial charge in [0.05, 0.1) is 36.9 Å². The van der Waals surface area contributed by atoms with Crippen LogP contribution in [0.25, 0.3) is 0 Å². The van der Waals surface area contributed by atoms with E-state index in [-0.39, 0.29) is 0 Å². The van der Waals surface area contributed by atoms with Crippen molar-refractivity contribution >= 4 is 23.0 Å². The minimum Gasteiger partial charge on any atom is -0.394 e. The Hall–Kier alpha value is -3.16. The molecule has 8 N–H and O–H groups in total. The average Bonchev–Trinajstić information content (AvgIpc) is 2.98. The second kappa shape index (κ2) is 5.32. The standard InChI is InChI=1S/C14H18N8/c15-11-5-19-21(13(11)17)7-9-2-1-3-10(4-9)8-22-14(18)12(16)6-20-22/h1-6H,7-8,15-18H2. The molecule has 2 heterocycles. The third-order valence-corrected chi connectivity index (χ3v) is 3.48. The molecule has 22 heavy (non-hydrogen) atoms. The Labute approximate surface area is 127 Å². The van der Waals surface area contributed by atoms with Gasteiger partial charge in [-0.05, 0) is 11.1 Å². The number of anilines is 4. The van der Waals surface area contributed by atoms with Gasteiger partial charge in [0.2, 0.25) is 0 Å². The van der Waals surface area contributed by atoms with Crippen LogP contribution in [0.3, 0.4) is 0 Å². The lowest BCUT2D eigenvalue weighted by atomic mass is 10.1. The van der Waals surface area contributed by atoms with Crippen molar-refractivity contribution in [2.75, 3.05) is 22.9 Å². The molecular formula is C14H18N8. The summed E-state index contributed by atoms with van der Waals surface area (Å²) in [5.41, 5.74) is 26.2. The van der Waals surface area contributed by atoms with Crippen LogP contribution < -0.4 is 22.9 Å². The molecular weight excluding hydrogens is 280 g/mol. The Morgan fingerprint density at radius 1 is 0.773 bits per heavy atom. The first-order chi connectivity index (χ1) is 10.5. The van der Waals surface area contributed by atoms with Gasteiger partial charge in [0.1, 0.15) is 11.6 Å². The summed E-state index contributed by atoms with van der Waals surface area (Å²) >= 11 is 0. The lowest BCUT2D eigenvalue weighted by molar-refractivity contribution is 0.684. The predicted molar refractivity (Wildman–Crippen MR) is 86.7 cm³/mol. The fraction of sp³-hybridized carbons (Fsp3) is 0.143. The van der Waals surface area contributed by atoms with Crippen molar-refractivity contribution in [1.82, 2.24) is 19.6 Å². The summed E-state index contributed by atoms with van der Waals surface area (Å²) < 4.78 is 3.32. The smallest absolute Gasteiger partial charge is 0.145 e. The van der Waals surface area contributed by atoms with Crippen LogP contribution in [0, 0.1) is 0 Å². The van der Waals surface area contributed by atoms with Gasteiger partial charge in [-0.2, -0.15) is 10.2 Å². The summed E-state index contributed by atoms with van der Waals surface area (Å²) in [4.78, 5) is 0. The fourth-order valence-corrected chi connectivity index (χ4v) is 2.24. The second-order valence-electron chi connectivity index (χ2n) is 5.11. The first-order valence-electron chi connectivity index (χ1n) is 6.76. The minimum atomic E-state index is 0.467. The number of aromatic nitrogens is 4. The van der Waals surface area contributed by atoms with E-state index in [2.05, 4.69) is 16.3 Å². The Kier molecular flexibility index (Phi) is 3.34. The highest BCUT2D eigenvalue weighted by molar-refractivity contribution is 5.58. The van der Waals surface area contributed by atoms with Crippen molar-refractivity contribution in [3.05, 3.63) is 47.8 Å². The van der Waals surface area contributed by atoms with E-state index in [1.54, 1.807) is 21.8 Å². The van der Waals surface area contributed by atoms with Gasteiger partial charge in [-0.1, -0.05) is 24.3 Å². The topological polar surface area (TPSA) is 140 Å². The van der Waals surface area contributed by atoms with Crippen molar-refractivity contribution in [2.45, 2.75) is 13.1 Å². The third kappa shape index (κ3) is 2.53. The van der Waals surface area contributed by atoms with Crippen LogP contribution in [0.1, 0.15) is 11.1 Å². The maximum atomic E-state index is 5.87. The zero-order chi connectivity index (χ0) is 15.7. The number of hydrogen-bond donors (Lipinski definition) is 4. The number of benzene rings is 1. The molecule has 0 atom stereocenters. The van der Waals surface area contributed by atoms with Crippen LogP contribution in [0.4, 0.5) is 23.0 Å². The summed E-state index contributed by atoms with van der Waals surface area (Å²) in [7, 11) is 0. The summed E-state index contributed by atoms with van der Waals surface area (Å²) in [6.07, 6.45) is 3.10.